The van der Waals surface area contributed by atoms with Gasteiger partial charge in [-0.05, 0) is 30.9 Å². The Morgan fingerprint density at radius 2 is 2.12 bits per heavy atom. The summed E-state index contributed by atoms with van der Waals surface area (Å²) in [7, 11) is 0. The van der Waals surface area contributed by atoms with Crippen LogP contribution in [-0.2, 0) is 11.3 Å². The minimum atomic E-state index is -0.392. The van der Waals surface area contributed by atoms with E-state index in [0.717, 1.165) is 51.5 Å². The van der Waals surface area contributed by atoms with Crippen molar-refractivity contribution in [2.24, 2.45) is 5.92 Å². The maximum Gasteiger partial charge on any atom is 0.224 e. The Hall–Kier alpha value is -2.19. The first-order valence-electron chi connectivity index (χ1n) is 8.86. The number of nitrogens with one attached hydrogen (secondary N) is 1. The SMILES string of the molecule is O[C@@H]1CC(Cn2cccn2)C[C@H]1Nc1nccc(N2CCOCC2)n1. The van der Waals surface area contributed by atoms with Crippen molar-refractivity contribution in [3.05, 3.63) is 30.7 Å². The van der Waals surface area contributed by atoms with Gasteiger partial charge in [0.25, 0.3) is 0 Å². The topological polar surface area (TPSA) is 88.3 Å². The van der Waals surface area contributed by atoms with Gasteiger partial charge in [-0.25, -0.2) is 4.98 Å². The predicted octanol–water partition coefficient (Wildman–Crippen LogP) is 0.761. The highest BCUT2D eigenvalue weighted by Gasteiger charge is 2.33. The van der Waals surface area contributed by atoms with E-state index in [1.807, 2.05) is 23.0 Å². The van der Waals surface area contributed by atoms with Gasteiger partial charge in [0.2, 0.25) is 5.95 Å². The Bertz CT molecular complexity index is 674. The van der Waals surface area contributed by atoms with Gasteiger partial charge in [0.15, 0.2) is 0 Å². The number of anilines is 2. The van der Waals surface area contributed by atoms with E-state index in [0.29, 0.717) is 11.9 Å². The molecule has 0 bridgehead atoms. The Morgan fingerprint density at radius 1 is 1.24 bits per heavy atom. The average Bonchev–Trinajstić information content (AvgIpc) is 3.26. The monoisotopic (exact) mass is 344 g/mol. The second kappa shape index (κ2) is 7.37. The van der Waals surface area contributed by atoms with E-state index in [9.17, 15) is 5.11 Å². The summed E-state index contributed by atoms with van der Waals surface area (Å²) in [6.07, 6.45) is 6.76. The van der Waals surface area contributed by atoms with Crippen LogP contribution >= 0.6 is 0 Å². The summed E-state index contributed by atoms with van der Waals surface area (Å²) in [4.78, 5) is 11.1. The van der Waals surface area contributed by atoms with Crippen LogP contribution in [0.3, 0.4) is 0 Å². The van der Waals surface area contributed by atoms with E-state index >= 15 is 0 Å². The summed E-state index contributed by atoms with van der Waals surface area (Å²) in [5.41, 5.74) is 0. The lowest BCUT2D eigenvalue weighted by atomic mass is 10.1. The highest BCUT2D eigenvalue weighted by Crippen LogP contribution is 2.29. The molecule has 25 heavy (non-hydrogen) atoms. The Morgan fingerprint density at radius 3 is 2.92 bits per heavy atom. The van der Waals surface area contributed by atoms with Crippen LogP contribution < -0.4 is 10.2 Å². The van der Waals surface area contributed by atoms with E-state index in [1.165, 1.54) is 0 Å². The summed E-state index contributed by atoms with van der Waals surface area (Å²) in [5.74, 6) is 1.88. The number of hydrogen-bond acceptors (Lipinski definition) is 7. The van der Waals surface area contributed by atoms with Crippen LogP contribution in [0.25, 0.3) is 0 Å². The largest absolute Gasteiger partial charge is 0.391 e. The second-order valence-electron chi connectivity index (χ2n) is 6.72. The fraction of sp³-hybridized carbons (Fsp3) is 0.588. The molecule has 1 saturated carbocycles. The maximum absolute atomic E-state index is 10.4. The van der Waals surface area contributed by atoms with Crippen molar-refractivity contribution >= 4 is 11.8 Å². The van der Waals surface area contributed by atoms with Crippen LogP contribution in [-0.4, -0.2) is 63.3 Å². The van der Waals surface area contributed by atoms with Gasteiger partial charge in [-0.15, -0.1) is 0 Å². The molecule has 0 aromatic carbocycles. The van der Waals surface area contributed by atoms with Crippen molar-refractivity contribution in [1.29, 1.82) is 0 Å². The van der Waals surface area contributed by atoms with Crippen molar-refractivity contribution in [2.45, 2.75) is 31.5 Å². The van der Waals surface area contributed by atoms with Crippen molar-refractivity contribution in [1.82, 2.24) is 19.7 Å². The van der Waals surface area contributed by atoms with Gasteiger partial charge in [-0.3, -0.25) is 4.68 Å². The summed E-state index contributed by atoms with van der Waals surface area (Å²) in [6, 6.07) is 3.81. The molecule has 2 fully saturated rings. The molecule has 0 amide bonds. The number of ether oxygens (including phenoxy) is 1. The molecule has 0 radical (unpaired) electrons. The van der Waals surface area contributed by atoms with E-state index in [4.69, 9.17) is 4.74 Å². The van der Waals surface area contributed by atoms with Crippen LogP contribution in [0, 0.1) is 5.92 Å². The average molecular weight is 344 g/mol. The summed E-state index contributed by atoms with van der Waals surface area (Å²) < 4.78 is 7.31. The summed E-state index contributed by atoms with van der Waals surface area (Å²) in [5, 5.41) is 18.0. The fourth-order valence-corrected chi connectivity index (χ4v) is 3.65. The second-order valence-corrected chi connectivity index (χ2v) is 6.72. The molecule has 1 saturated heterocycles. The van der Waals surface area contributed by atoms with Gasteiger partial charge in [0.1, 0.15) is 5.82 Å². The molecule has 2 aromatic rings. The van der Waals surface area contributed by atoms with Crippen LogP contribution in [0.2, 0.25) is 0 Å². The zero-order valence-corrected chi connectivity index (χ0v) is 14.2. The first-order chi connectivity index (χ1) is 12.3. The number of rotatable bonds is 5. The number of aromatic nitrogens is 4. The molecule has 1 aliphatic carbocycles. The number of nitrogens with zero attached hydrogens (tertiary/aromatic N) is 5. The molecule has 1 aliphatic heterocycles. The van der Waals surface area contributed by atoms with Crippen LogP contribution in [0.4, 0.5) is 11.8 Å². The third-order valence-corrected chi connectivity index (χ3v) is 4.92. The third-order valence-electron chi connectivity index (χ3n) is 4.92. The van der Waals surface area contributed by atoms with E-state index in [2.05, 4.69) is 25.3 Å². The molecule has 2 aromatic heterocycles. The predicted molar refractivity (Wildman–Crippen MR) is 93.4 cm³/mol. The third kappa shape index (κ3) is 3.91. The van der Waals surface area contributed by atoms with Gasteiger partial charge < -0.3 is 20.1 Å². The number of morpholine rings is 1. The molecule has 134 valence electrons. The smallest absolute Gasteiger partial charge is 0.224 e. The quantitative estimate of drug-likeness (QED) is 0.828. The Balaban J connectivity index is 1.38. The van der Waals surface area contributed by atoms with Gasteiger partial charge in [0.05, 0.1) is 25.4 Å². The minimum Gasteiger partial charge on any atom is -0.391 e. The molecule has 3 heterocycles. The highest BCUT2D eigenvalue weighted by atomic mass is 16.5. The van der Waals surface area contributed by atoms with Crippen LogP contribution in [0.1, 0.15) is 12.8 Å². The maximum atomic E-state index is 10.4. The van der Waals surface area contributed by atoms with Crippen LogP contribution in [0.15, 0.2) is 30.7 Å². The molecule has 0 spiro atoms. The van der Waals surface area contributed by atoms with E-state index in [-0.39, 0.29) is 6.04 Å². The number of aliphatic hydroxyl groups is 1. The molecular formula is C17H24N6O2. The zero-order chi connectivity index (χ0) is 17.1. The highest BCUT2D eigenvalue weighted by molar-refractivity contribution is 5.43. The molecule has 2 aliphatic rings. The lowest BCUT2D eigenvalue weighted by molar-refractivity contribution is 0.122. The van der Waals surface area contributed by atoms with Gasteiger partial charge in [0, 0.05) is 38.2 Å². The van der Waals surface area contributed by atoms with Crippen molar-refractivity contribution in [2.75, 3.05) is 36.5 Å². The summed E-state index contributed by atoms with van der Waals surface area (Å²) in [6.45, 7) is 3.96. The molecule has 8 heteroatoms. The first-order valence-corrected chi connectivity index (χ1v) is 8.86. The summed E-state index contributed by atoms with van der Waals surface area (Å²) >= 11 is 0. The molecular weight excluding hydrogens is 320 g/mol. The molecule has 8 nitrogen and oxygen atoms in total. The molecule has 3 atom stereocenters. The number of hydrogen-bond donors (Lipinski definition) is 2. The van der Waals surface area contributed by atoms with Crippen molar-refractivity contribution < 1.29 is 9.84 Å². The zero-order valence-electron chi connectivity index (χ0n) is 14.2. The normalized spacial score (nSPS) is 26.8. The first kappa shape index (κ1) is 16.3. The Labute approximate surface area is 146 Å². The lowest BCUT2D eigenvalue weighted by Crippen LogP contribution is -2.37. The van der Waals surface area contributed by atoms with E-state index in [1.54, 1.807) is 12.4 Å². The molecule has 1 unspecified atom stereocenters. The van der Waals surface area contributed by atoms with Crippen molar-refractivity contribution in [3.63, 3.8) is 0 Å². The van der Waals surface area contributed by atoms with Crippen LogP contribution in [0.5, 0.6) is 0 Å². The minimum absolute atomic E-state index is 0.0273. The van der Waals surface area contributed by atoms with Gasteiger partial charge in [-0.1, -0.05) is 0 Å². The fourth-order valence-electron chi connectivity index (χ4n) is 3.65. The lowest BCUT2D eigenvalue weighted by Gasteiger charge is -2.28. The Kier molecular flexibility index (Phi) is 4.80. The standard InChI is InChI=1S/C17H24N6O2/c24-15-11-13(12-23-5-1-3-19-23)10-14(15)20-17-18-4-2-16(21-17)22-6-8-25-9-7-22/h1-5,13-15,24H,6-12H2,(H,18,20,21)/t13?,14-,15-/m1/s1. The van der Waals surface area contributed by atoms with Crippen molar-refractivity contribution in [3.8, 4) is 0 Å². The molecule has 4 rings (SSSR count). The molecule has 2 N–H and O–H groups in total. The van der Waals surface area contributed by atoms with Gasteiger partial charge >= 0.3 is 0 Å². The van der Waals surface area contributed by atoms with E-state index < -0.39 is 6.10 Å². The number of aliphatic hydroxyl groups excluding tert-OH is 1. The van der Waals surface area contributed by atoms with Gasteiger partial charge in [-0.2, -0.15) is 10.1 Å².